The van der Waals surface area contributed by atoms with Crippen molar-refractivity contribution >= 4 is 11.9 Å². The maximum absolute atomic E-state index is 11.7. The quantitative estimate of drug-likeness (QED) is 0.460. The summed E-state index contributed by atoms with van der Waals surface area (Å²) in [7, 11) is 1.92. The van der Waals surface area contributed by atoms with Gasteiger partial charge in [0.2, 0.25) is 5.91 Å². The molecular formula is C18H30N6O2. The molecule has 0 aliphatic carbocycles. The van der Waals surface area contributed by atoms with Crippen LogP contribution >= 0.6 is 0 Å². The van der Waals surface area contributed by atoms with Gasteiger partial charge in [-0.1, -0.05) is 0 Å². The first-order valence-corrected chi connectivity index (χ1v) is 9.58. The zero-order chi connectivity index (χ0) is 18.4. The van der Waals surface area contributed by atoms with Crippen LogP contribution in [0, 0.1) is 0 Å². The Labute approximate surface area is 155 Å². The fraction of sp³-hybridized carbons (Fsp3) is 0.722. The second-order valence-electron chi connectivity index (χ2n) is 6.83. The van der Waals surface area contributed by atoms with Crippen molar-refractivity contribution in [2.24, 2.45) is 12.0 Å². The molecule has 2 saturated heterocycles. The lowest BCUT2D eigenvalue weighted by Gasteiger charge is -2.34. The third-order valence-electron chi connectivity index (χ3n) is 4.82. The molecule has 0 saturated carbocycles. The van der Waals surface area contributed by atoms with Crippen LogP contribution in [0.4, 0.5) is 0 Å². The molecule has 144 valence electrons. The van der Waals surface area contributed by atoms with E-state index in [1.165, 1.54) is 0 Å². The number of rotatable bonds is 6. The molecule has 1 aromatic rings. The van der Waals surface area contributed by atoms with Crippen LogP contribution in [-0.2, 0) is 16.6 Å². The molecular weight excluding hydrogens is 332 g/mol. The monoisotopic (exact) mass is 362 g/mol. The van der Waals surface area contributed by atoms with E-state index in [4.69, 9.17) is 9.73 Å². The maximum atomic E-state index is 11.7. The Balaban J connectivity index is 1.54. The normalized spacial score (nSPS) is 21.5. The van der Waals surface area contributed by atoms with E-state index in [0.717, 1.165) is 63.6 Å². The molecule has 0 spiro atoms. The van der Waals surface area contributed by atoms with E-state index < -0.39 is 0 Å². The van der Waals surface area contributed by atoms with E-state index in [0.29, 0.717) is 13.0 Å². The van der Waals surface area contributed by atoms with Crippen LogP contribution < -0.4 is 5.32 Å². The molecule has 2 aliphatic heterocycles. The van der Waals surface area contributed by atoms with Gasteiger partial charge in [-0.3, -0.25) is 14.5 Å². The number of hydrogen-bond acceptors (Lipinski definition) is 4. The Bertz CT molecular complexity index is 629. The number of ether oxygens (including phenoxy) is 1. The fourth-order valence-corrected chi connectivity index (χ4v) is 3.46. The molecule has 1 amide bonds. The van der Waals surface area contributed by atoms with Crippen LogP contribution in [0.3, 0.4) is 0 Å². The number of guanidine groups is 1. The predicted molar refractivity (Wildman–Crippen MR) is 99.9 cm³/mol. The number of aryl methyl sites for hydroxylation is 1. The summed E-state index contributed by atoms with van der Waals surface area (Å²) in [5.41, 5.74) is 1.10. The molecule has 0 bridgehead atoms. The Morgan fingerprint density at radius 1 is 1.46 bits per heavy atom. The minimum atomic E-state index is 0.0172. The number of amides is 1. The fourth-order valence-electron chi connectivity index (χ4n) is 3.46. The summed E-state index contributed by atoms with van der Waals surface area (Å²) in [5.74, 6) is 1.21. The first-order chi connectivity index (χ1) is 12.7. The van der Waals surface area contributed by atoms with E-state index in [2.05, 4.69) is 22.2 Å². The number of carbonyl (C=O) groups is 1. The lowest BCUT2D eigenvalue weighted by atomic mass is 10.1. The van der Waals surface area contributed by atoms with Crippen molar-refractivity contribution in [1.82, 2.24) is 24.9 Å². The van der Waals surface area contributed by atoms with Crippen LogP contribution in [0.1, 0.15) is 37.9 Å². The average Bonchev–Trinajstić information content (AvgIpc) is 3.26. The number of hydrogen-bond donors (Lipinski definition) is 1. The molecule has 2 fully saturated rings. The maximum Gasteiger partial charge on any atom is 0.222 e. The third-order valence-corrected chi connectivity index (χ3v) is 4.82. The number of aromatic nitrogens is 2. The van der Waals surface area contributed by atoms with Crippen LogP contribution in [0.15, 0.2) is 17.4 Å². The Morgan fingerprint density at radius 3 is 3.04 bits per heavy atom. The molecule has 2 aliphatic rings. The summed E-state index contributed by atoms with van der Waals surface area (Å²) in [6.45, 7) is 7.61. The van der Waals surface area contributed by atoms with E-state index in [1.807, 2.05) is 24.3 Å². The van der Waals surface area contributed by atoms with Gasteiger partial charge in [0.05, 0.1) is 19.3 Å². The highest BCUT2D eigenvalue weighted by Gasteiger charge is 2.25. The number of nitrogens with zero attached hydrogens (tertiary/aromatic N) is 5. The summed E-state index contributed by atoms with van der Waals surface area (Å²) in [5, 5.41) is 7.63. The van der Waals surface area contributed by atoms with E-state index in [9.17, 15) is 4.79 Å². The van der Waals surface area contributed by atoms with Gasteiger partial charge in [0.15, 0.2) is 5.96 Å². The molecule has 1 atom stereocenters. The second-order valence-corrected chi connectivity index (χ2v) is 6.83. The second kappa shape index (κ2) is 9.02. The summed E-state index contributed by atoms with van der Waals surface area (Å²) in [4.78, 5) is 20.7. The minimum Gasteiger partial charge on any atom is -0.370 e. The molecule has 8 nitrogen and oxygen atoms in total. The number of morpholine rings is 1. The predicted octanol–water partition coefficient (Wildman–Crippen LogP) is 0.771. The standard InChI is InChI=1S/C18H30N6O2/c1-3-19-18(20-7-5-9-23-8-4-6-17(23)25)24-10-11-26-16(14-24)15-12-21-22(2)13-15/h12-13,16H,3-11,14H2,1-2H3,(H,19,20). The van der Waals surface area contributed by atoms with E-state index >= 15 is 0 Å². The molecule has 1 unspecified atom stereocenters. The number of nitrogens with one attached hydrogen (secondary N) is 1. The molecule has 1 aromatic heterocycles. The van der Waals surface area contributed by atoms with Crippen LogP contribution in [0.25, 0.3) is 0 Å². The van der Waals surface area contributed by atoms with Gasteiger partial charge in [0.1, 0.15) is 6.10 Å². The molecule has 0 aromatic carbocycles. The van der Waals surface area contributed by atoms with Gasteiger partial charge in [-0.15, -0.1) is 0 Å². The smallest absolute Gasteiger partial charge is 0.222 e. The van der Waals surface area contributed by atoms with Gasteiger partial charge in [0, 0.05) is 58.0 Å². The van der Waals surface area contributed by atoms with Gasteiger partial charge in [0.25, 0.3) is 0 Å². The summed E-state index contributed by atoms with van der Waals surface area (Å²) in [6, 6.07) is 0. The van der Waals surface area contributed by atoms with Crippen LogP contribution in [-0.4, -0.2) is 77.3 Å². The molecule has 8 heteroatoms. The third kappa shape index (κ3) is 4.75. The molecule has 26 heavy (non-hydrogen) atoms. The molecule has 0 radical (unpaired) electrons. The number of aliphatic imine (C=N–C) groups is 1. The van der Waals surface area contributed by atoms with Crippen molar-refractivity contribution in [2.75, 3.05) is 45.9 Å². The van der Waals surface area contributed by atoms with Crippen molar-refractivity contribution in [1.29, 1.82) is 0 Å². The van der Waals surface area contributed by atoms with Crippen molar-refractivity contribution in [3.63, 3.8) is 0 Å². The first-order valence-electron chi connectivity index (χ1n) is 9.58. The zero-order valence-electron chi connectivity index (χ0n) is 15.9. The van der Waals surface area contributed by atoms with E-state index in [-0.39, 0.29) is 12.0 Å². The van der Waals surface area contributed by atoms with Crippen LogP contribution in [0.5, 0.6) is 0 Å². The SMILES string of the molecule is CCNC(=NCCCN1CCCC1=O)N1CCOC(c2cnn(C)c2)C1. The van der Waals surface area contributed by atoms with Crippen molar-refractivity contribution in [2.45, 2.75) is 32.3 Å². The lowest BCUT2D eigenvalue weighted by Crippen LogP contribution is -2.48. The Morgan fingerprint density at radius 2 is 2.35 bits per heavy atom. The largest absolute Gasteiger partial charge is 0.370 e. The van der Waals surface area contributed by atoms with Gasteiger partial charge in [-0.25, -0.2) is 0 Å². The topological polar surface area (TPSA) is 75.0 Å². The van der Waals surface area contributed by atoms with Crippen molar-refractivity contribution < 1.29 is 9.53 Å². The van der Waals surface area contributed by atoms with E-state index in [1.54, 1.807) is 4.68 Å². The Kier molecular flexibility index (Phi) is 6.49. The van der Waals surface area contributed by atoms with Crippen molar-refractivity contribution in [3.05, 3.63) is 18.0 Å². The highest BCUT2D eigenvalue weighted by Crippen LogP contribution is 2.21. The Hall–Kier alpha value is -2.09. The molecule has 3 heterocycles. The van der Waals surface area contributed by atoms with Gasteiger partial charge in [-0.2, -0.15) is 5.10 Å². The lowest BCUT2D eigenvalue weighted by molar-refractivity contribution is -0.127. The average molecular weight is 362 g/mol. The van der Waals surface area contributed by atoms with Gasteiger partial charge >= 0.3 is 0 Å². The molecule has 1 N–H and O–H groups in total. The number of carbonyl (C=O) groups excluding carboxylic acids is 1. The highest BCUT2D eigenvalue weighted by molar-refractivity contribution is 5.80. The molecule has 3 rings (SSSR count). The van der Waals surface area contributed by atoms with Crippen molar-refractivity contribution in [3.8, 4) is 0 Å². The van der Waals surface area contributed by atoms with Crippen LogP contribution in [0.2, 0.25) is 0 Å². The summed E-state index contributed by atoms with van der Waals surface area (Å²) < 4.78 is 7.72. The zero-order valence-corrected chi connectivity index (χ0v) is 15.9. The minimum absolute atomic E-state index is 0.0172. The van der Waals surface area contributed by atoms with Gasteiger partial charge in [-0.05, 0) is 19.8 Å². The summed E-state index contributed by atoms with van der Waals surface area (Å²) in [6.07, 6.45) is 6.49. The number of likely N-dealkylation sites (tertiary alicyclic amines) is 1. The van der Waals surface area contributed by atoms with Gasteiger partial charge < -0.3 is 19.9 Å². The first kappa shape index (κ1) is 18.7. The summed E-state index contributed by atoms with van der Waals surface area (Å²) >= 11 is 0. The highest BCUT2D eigenvalue weighted by atomic mass is 16.5.